The minimum Gasteiger partial charge on any atom is -0.379 e. The second-order valence-electron chi connectivity index (χ2n) is 6.77. The summed E-state index contributed by atoms with van der Waals surface area (Å²) < 4.78 is 11.1. The molecular weight excluding hydrogens is 252 g/mol. The second-order valence-corrected chi connectivity index (χ2v) is 6.77. The van der Waals surface area contributed by atoms with Gasteiger partial charge in [-0.1, -0.05) is 27.7 Å². The van der Waals surface area contributed by atoms with Crippen LogP contribution in [0.25, 0.3) is 0 Å². The van der Waals surface area contributed by atoms with Crippen LogP contribution in [0.3, 0.4) is 0 Å². The molecule has 118 valence electrons. The van der Waals surface area contributed by atoms with Crippen molar-refractivity contribution >= 4 is 0 Å². The van der Waals surface area contributed by atoms with Gasteiger partial charge in [0.25, 0.3) is 0 Å². The molecule has 0 aliphatic carbocycles. The molecule has 20 heavy (non-hydrogen) atoms. The van der Waals surface area contributed by atoms with Gasteiger partial charge in [-0.15, -0.1) is 0 Å². The Morgan fingerprint density at radius 1 is 0.600 bits per heavy atom. The molecule has 2 aliphatic rings. The molecule has 0 aromatic carbocycles. The van der Waals surface area contributed by atoms with Crippen LogP contribution in [-0.2, 0) is 9.47 Å². The third-order valence-electron chi connectivity index (χ3n) is 4.65. The Bertz CT molecular complexity index is 244. The summed E-state index contributed by atoms with van der Waals surface area (Å²) in [5.41, 5.74) is 0. The van der Waals surface area contributed by atoms with Crippen LogP contribution in [0.2, 0.25) is 0 Å². The molecule has 0 bridgehead atoms. The Hall–Kier alpha value is -0.160. The van der Waals surface area contributed by atoms with Crippen molar-refractivity contribution in [2.24, 2.45) is 11.8 Å². The third-order valence-corrected chi connectivity index (χ3v) is 4.65. The Kier molecular flexibility index (Phi) is 6.27. The first kappa shape index (κ1) is 16.2. The Morgan fingerprint density at radius 3 is 1.15 bits per heavy atom. The molecule has 0 saturated carbocycles. The summed E-state index contributed by atoms with van der Waals surface area (Å²) in [6, 6.07) is 1.24. The number of morpholine rings is 2. The fourth-order valence-corrected chi connectivity index (χ4v) is 3.82. The van der Waals surface area contributed by atoms with Gasteiger partial charge in [0, 0.05) is 38.3 Å². The van der Waals surface area contributed by atoms with Crippen molar-refractivity contribution in [2.45, 2.75) is 39.8 Å². The normalized spacial score (nSPS) is 26.1. The molecule has 4 nitrogen and oxygen atoms in total. The molecule has 2 rings (SSSR count). The maximum absolute atomic E-state index is 5.54. The van der Waals surface area contributed by atoms with E-state index in [1.165, 1.54) is 0 Å². The topological polar surface area (TPSA) is 24.9 Å². The monoisotopic (exact) mass is 284 g/mol. The molecule has 0 amide bonds. The van der Waals surface area contributed by atoms with Gasteiger partial charge < -0.3 is 9.47 Å². The summed E-state index contributed by atoms with van der Waals surface area (Å²) in [7, 11) is 0. The summed E-state index contributed by atoms with van der Waals surface area (Å²) in [5, 5.41) is 0. The molecule has 0 radical (unpaired) electrons. The van der Waals surface area contributed by atoms with Crippen LogP contribution in [0.5, 0.6) is 0 Å². The molecule has 2 fully saturated rings. The van der Waals surface area contributed by atoms with Gasteiger partial charge in [-0.2, -0.15) is 0 Å². The summed E-state index contributed by atoms with van der Waals surface area (Å²) >= 11 is 0. The lowest BCUT2D eigenvalue weighted by Crippen LogP contribution is -2.60. The van der Waals surface area contributed by atoms with E-state index in [1.807, 2.05) is 0 Å². The van der Waals surface area contributed by atoms with E-state index in [4.69, 9.17) is 9.47 Å². The van der Waals surface area contributed by atoms with Crippen LogP contribution in [0.1, 0.15) is 27.7 Å². The van der Waals surface area contributed by atoms with Crippen LogP contribution >= 0.6 is 0 Å². The van der Waals surface area contributed by atoms with Crippen molar-refractivity contribution in [3.05, 3.63) is 0 Å². The van der Waals surface area contributed by atoms with Crippen molar-refractivity contribution in [1.82, 2.24) is 9.80 Å². The van der Waals surface area contributed by atoms with E-state index < -0.39 is 0 Å². The lowest BCUT2D eigenvalue weighted by molar-refractivity contribution is -0.0577. The Morgan fingerprint density at radius 2 is 0.900 bits per heavy atom. The van der Waals surface area contributed by atoms with Crippen molar-refractivity contribution in [1.29, 1.82) is 0 Å². The van der Waals surface area contributed by atoms with Gasteiger partial charge in [-0.3, -0.25) is 9.80 Å². The SMILES string of the molecule is CC(C)[C@@H]([C@H](C(C)C)N1CCOCC1)N1CCOCC1. The van der Waals surface area contributed by atoms with Gasteiger partial charge >= 0.3 is 0 Å². The molecule has 0 spiro atoms. The molecule has 0 N–H and O–H groups in total. The van der Waals surface area contributed by atoms with Crippen LogP contribution in [0.4, 0.5) is 0 Å². The van der Waals surface area contributed by atoms with Gasteiger partial charge in [-0.05, 0) is 11.8 Å². The largest absolute Gasteiger partial charge is 0.379 e. The highest BCUT2D eigenvalue weighted by Crippen LogP contribution is 2.26. The standard InChI is InChI=1S/C16H32N2O2/c1-13(2)15(17-5-9-19-10-6-17)16(14(3)4)18-7-11-20-12-8-18/h13-16H,5-12H2,1-4H3/t15-,16-/m0/s1. The predicted molar refractivity (Wildman–Crippen MR) is 82.0 cm³/mol. The lowest BCUT2D eigenvalue weighted by Gasteiger charge is -2.48. The first-order chi connectivity index (χ1) is 9.61. The van der Waals surface area contributed by atoms with Crippen molar-refractivity contribution in [2.75, 3.05) is 52.6 Å². The van der Waals surface area contributed by atoms with Crippen LogP contribution in [-0.4, -0.2) is 74.5 Å². The highest BCUT2D eigenvalue weighted by molar-refractivity contribution is 4.92. The number of hydrogen-bond acceptors (Lipinski definition) is 4. The first-order valence-corrected chi connectivity index (χ1v) is 8.25. The minimum absolute atomic E-state index is 0.622. The molecule has 0 aromatic heterocycles. The van der Waals surface area contributed by atoms with Crippen molar-refractivity contribution < 1.29 is 9.47 Å². The average Bonchev–Trinajstić information content (AvgIpc) is 2.45. The number of nitrogens with zero attached hydrogens (tertiary/aromatic N) is 2. The highest BCUT2D eigenvalue weighted by Gasteiger charge is 2.37. The Balaban J connectivity index is 2.13. The molecule has 2 aliphatic heterocycles. The molecule has 0 unspecified atom stereocenters. The zero-order valence-electron chi connectivity index (χ0n) is 13.7. The molecule has 2 saturated heterocycles. The highest BCUT2D eigenvalue weighted by atomic mass is 16.5. The van der Waals surface area contributed by atoms with E-state index in [9.17, 15) is 0 Å². The van der Waals surface area contributed by atoms with Gasteiger partial charge in [0.1, 0.15) is 0 Å². The fraction of sp³-hybridized carbons (Fsp3) is 1.00. The van der Waals surface area contributed by atoms with E-state index in [0.29, 0.717) is 23.9 Å². The maximum Gasteiger partial charge on any atom is 0.0594 e. The van der Waals surface area contributed by atoms with E-state index in [1.54, 1.807) is 0 Å². The molecular formula is C16H32N2O2. The van der Waals surface area contributed by atoms with E-state index in [0.717, 1.165) is 52.6 Å². The molecule has 2 heterocycles. The van der Waals surface area contributed by atoms with Gasteiger partial charge in [0.15, 0.2) is 0 Å². The summed E-state index contributed by atoms with van der Waals surface area (Å²) in [4.78, 5) is 5.32. The smallest absolute Gasteiger partial charge is 0.0594 e. The maximum atomic E-state index is 5.54. The van der Waals surface area contributed by atoms with Crippen LogP contribution in [0.15, 0.2) is 0 Å². The minimum atomic E-state index is 0.622. The number of ether oxygens (including phenoxy) is 2. The number of rotatable bonds is 5. The lowest BCUT2D eigenvalue weighted by atomic mass is 9.86. The van der Waals surface area contributed by atoms with Crippen molar-refractivity contribution in [3.63, 3.8) is 0 Å². The zero-order valence-corrected chi connectivity index (χ0v) is 13.7. The van der Waals surface area contributed by atoms with Crippen molar-refractivity contribution in [3.8, 4) is 0 Å². The van der Waals surface area contributed by atoms with E-state index >= 15 is 0 Å². The van der Waals surface area contributed by atoms with Gasteiger partial charge in [0.05, 0.1) is 26.4 Å². The van der Waals surface area contributed by atoms with Gasteiger partial charge in [-0.25, -0.2) is 0 Å². The summed E-state index contributed by atoms with van der Waals surface area (Å²) in [6.45, 7) is 17.3. The second kappa shape index (κ2) is 7.74. The molecule has 0 aromatic rings. The fourth-order valence-electron chi connectivity index (χ4n) is 3.82. The van der Waals surface area contributed by atoms with Crippen LogP contribution < -0.4 is 0 Å². The average molecular weight is 284 g/mol. The molecule has 4 heteroatoms. The summed E-state index contributed by atoms with van der Waals surface area (Å²) in [5.74, 6) is 1.34. The quantitative estimate of drug-likeness (QED) is 0.767. The predicted octanol–water partition coefficient (Wildman–Crippen LogP) is 1.70. The van der Waals surface area contributed by atoms with E-state index in [-0.39, 0.29) is 0 Å². The van der Waals surface area contributed by atoms with Gasteiger partial charge in [0.2, 0.25) is 0 Å². The summed E-state index contributed by atoms with van der Waals surface area (Å²) in [6.07, 6.45) is 0. The molecule has 2 atom stereocenters. The zero-order chi connectivity index (χ0) is 14.5. The Labute approximate surface area is 124 Å². The first-order valence-electron chi connectivity index (χ1n) is 8.25. The number of hydrogen-bond donors (Lipinski definition) is 0. The van der Waals surface area contributed by atoms with Crippen LogP contribution in [0, 0.1) is 11.8 Å². The third kappa shape index (κ3) is 3.94. The van der Waals surface area contributed by atoms with E-state index in [2.05, 4.69) is 37.5 Å².